The first-order chi connectivity index (χ1) is 9.86. The fourth-order valence-electron chi connectivity index (χ4n) is 2.08. The van der Waals surface area contributed by atoms with Crippen LogP contribution >= 0.6 is 15.9 Å². The molecule has 0 bridgehead atoms. The molecule has 1 aromatic rings. The smallest absolute Gasteiger partial charge is 0.481 e. The molecule has 0 fully saturated rings. The number of alkyl halides is 4. The van der Waals surface area contributed by atoms with Gasteiger partial charge in [-0.2, -0.15) is 17.6 Å². The van der Waals surface area contributed by atoms with E-state index >= 15 is 0 Å². The molecular weight excluding hydrogens is 376 g/mol. The number of carbonyl (C=O) groups is 1. The lowest BCUT2D eigenvalue weighted by molar-refractivity contribution is -0.391. The van der Waals surface area contributed by atoms with Crippen LogP contribution in [0.4, 0.5) is 17.6 Å². The first-order valence-corrected chi connectivity index (χ1v) is 6.84. The lowest BCUT2D eigenvalue weighted by atomic mass is 9.81. The highest BCUT2D eigenvalue weighted by molar-refractivity contribution is 9.10. The van der Waals surface area contributed by atoms with Gasteiger partial charge in [0.05, 0.1) is 6.42 Å². The Morgan fingerprint density at radius 3 is 2.09 bits per heavy atom. The molecule has 22 heavy (non-hydrogen) atoms. The second kappa shape index (κ2) is 5.00. The Hall–Kier alpha value is -1.51. The highest BCUT2D eigenvalue weighted by Gasteiger charge is 2.66. The van der Waals surface area contributed by atoms with Crippen LogP contribution in [0, 0.1) is 0 Å². The fraction of sp³-hybridized carbons (Fsp3) is 0.462. The zero-order chi connectivity index (χ0) is 16.9. The first kappa shape index (κ1) is 16.9. The minimum atomic E-state index is -4.82. The summed E-state index contributed by atoms with van der Waals surface area (Å²) in [4.78, 5) is 10.9. The zero-order valence-electron chi connectivity index (χ0n) is 11.4. The molecule has 1 aromatic carbocycles. The average Bonchev–Trinajstić information content (AvgIpc) is 2.28. The van der Waals surface area contributed by atoms with Gasteiger partial charge in [-0.15, -0.1) is 0 Å². The van der Waals surface area contributed by atoms with Gasteiger partial charge in [0.1, 0.15) is 0 Å². The molecule has 0 saturated heterocycles. The Morgan fingerprint density at radius 2 is 1.64 bits per heavy atom. The molecule has 0 saturated carbocycles. The molecule has 0 aliphatic carbocycles. The quantitative estimate of drug-likeness (QED) is 0.792. The van der Waals surface area contributed by atoms with Crippen LogP contribution in [0.15, 0.2) is 16.6 Å². The number of hydrogen-bond donors (Lipinski definition) is 1. The van der Waals surface area contributed by atoms with Crippen molar-refractivity contribution in [2.45, 2.75) is 37.9 Å². The Kier molecular flexibility index (Phi) is 3.83. The summed E-state index contributed by atoms with van der Waals surface area (Å²) >= 11 is 3.11. The average molecular weight is 387 g/mol. The summed E-state index contributed by atoms with van der Waals surface area (Å²) in [5.41, 5.74) is -0.628. The summed E-state index contributed by atoms with van der Waals surface area (Å²) in [5, 5.41) is 8.90. The third-order valence-electron chi connectivity index (χ3n) is 3.17. The van der Waals surface area contributed by atoms with Crippen molar-refractivity contribution < 1.29 is 36.9 Å². The molecule has 1 heterocycles. The summed E-state index contributed by atoms with van der Waals surface area (Å²) in [6, 6.07) is 2.13. The van der Waals surface area contributed by atoms with Crippen molar-refractivity contribution in [1.82, 2.24) is 0 Å². The molecule has 1 aliphatic heterocycles. The van der Waals surface area contributed by atoms with Crippen molar-refractivity contribution in [2.24, 2.45) is 0 Å². The van der Waals surface area contributed by atoms with Gasteiger partial charge >= 0.3 is 18.2 Å². The number of ether oxygens (including phenoxy) is 2. The number of benzene rings is 1. The van der Waals surface area contributed by atoms with Crippen molar-refractivity contribution in [3.8, 4) is 11.5 Å². The van der Waals surface area contributed by atoms with Crippen LogP contribution in [0.3, 0.4) is 0 Å². The summed E-state index contributed by atoms with van der Waals surface area (Å²) in [6.07, 6.45) is -9.91. The zero-order valence-corrected chi connectivity index (χ0v) is 13.0. The van der Waals surface area contributed by atoms with Crippen LogP contribution in [-0.2, 0) is 10.2 Å². The number of hydrogen-bond acceptors (Lipinski definition) is 3. The Morgan fingerprint density at radius 1 is 1.18 bits per heavy atom. The molecule has 0 atom stereocenters. The maximum Gasteiger partial charge on any atom is 0.507 e. The Bertz CT molecular complexity index is 631. The number of rotatable bonds is 3. The van der Waals surface area contributed by atoms with Gasteiger partial charge in [-0.1, -0.05) is 29.8 Å². The molecule has 4 nitrogen and oxygen atoms in total. The van der Waals surface area contributed by atoms with Gasteiger partial charge in [0, 0.05) is 9.89 Å². The topological polar surface area (TPSA) is 55.8 Å². The SMILES string of the molecule is CC(C)(CC(=O)O)c1cc2c(cc1Br)OC(F)(F)C(F)(F)O2. The van der Waals surface area contributed by atoms with E-state index < -0.39 is 35.1 Å². The van der Waals surface area contributed by atoms with Gasteiger partial charge in [-0.05, 0) is 17.7 Å². The standard InChI is InChI=1S/C13H11BrF4O4/c1-11(2,5-10(19)20)6-3-8-9(4-7(6)14)22-13(17,18)12(15,16)21-8/h3-4H,5H2,1-2H3,(H,19,20). The van der Waals surface area contributed by atoms with Gasteiger partial charge in [0.2, 0.25) is 0 Å². The predicted molar refractivity (Wildman–Crippen MR) is 70.6 cm³/mol. The molecule has 1 aliphatic rings. The Balaban J connectivity index is 2.50. The summed E-state index contributed by atoms with van der Waals surface area (Å²) in [5.74, 6) is -2.23. The first-order valence-electron chi connectivity index (χ1n) is 6.05. The van der Waals surface area contributed by atoms with E-state index in [1.54, 1.807) is 13.8 Å². The van der Waals surface area contributed by atoms with Crippen molar-refractivity contribution >= 4 is 21.9 Å². The summed E-state index contributed by atoms with van der Waals surface area (Å²) in [6.45, 7) is 3.15. The number of carboxylic acids is 1. The van der Waals surface area contributed by atoms with Crippen LogP contribution in [0.1, 0.15) is 25.8 Å². The minimum Gasteiger partial charge on any atom is -0.481 e. The lowest BCUT2D eigenvalue weighted by Gasteiger charge is -2.33. The molecule has 0 amide bonds. The number of fused-ring (bicyclic) bond motifs is 1. The van der Waals surface area contributed by atoms with E-state index in [0.717, 1.165) is 12.1 Å². The number of aliphatic carboxylic acids is 1. The third-order valence-corrected chi connectivity index (χ3v) is 3.83. The van der Waals surface area contributed by atoms with E-state index in [9.17, 15) is 22.4 Å². The van der Waals surface area contributed by atoms with E-state index in [2.05, 4.69) is 25.4 Å². The second-order valence-corrected chi connectivity index (χ2v) is 6.33. The van der Waals surface area contributed by atoms with Crippen LogP contribution in [0.25, 0.3) is 0 Å². The van der Waals surface area contributed by atoms with Gasteiger partial charge in [0.15, 0.2) is 11.5 Å². The second-order valence-electron chi connectivity index (χ2n) is 5.47. The molecule has 0 spiro atoms. The molecule has 122 valence electrons. The normalized spacial score (nSPS) is 18.9. The molecule has 2 rings (SSSR count). The monoisotopic (exact) mass is 386 g/mol. The molecular formula is C13H11BrF4O4. The maximum atomic E-state index is 13.2. The molecule has 0 aromatic heterocycles. The predicted octanol–water partition coefficient (Wildman–Crippen LogP) is 4.16. The van der Waals surface area contributed by atoms with Crippen molar-refractivity contribution in [1.29, 1.82) is 0 Å². The van der Waals surface area contributed by atoms with E-state index in [-0.39, 0.29) is 10.9 Å². The molecule has 9 heteroatoms. The summed E-state index contributed by atoms with van der Waals surface area (Å²) < 4.78 is 60.9. The maximum absolute atomic E-state index is 13.2. The van der Waals surface area contributed by atoms with Crippen LogP contribution in [-0.4, -0.2) is 23.3 Å². The van der Waals surface area contributed by atoms with Gasteiger partial charge in [0.25, 0.3) is 0 Å². The molecule has 0 unspecified atom stereocenters. The molecule has 1 N–H and O–H groups in total. The van der Waals surface area contributed by atoms with E-state index in [1.807, 2.05) is 0 Å². The van der Waals surface area contributed by atoms with Gasteiger partial charge < -0.3 is 14.6 Å². The fourth-order valence-corrected chi connectivity index (χ4v) is 2.94. The van der Waals surface area contributed by atoms with Crippen LogP contribution in [0.2, 0.25) is 0 Å². The summed E-state index contributed by atoms with van der Waals surface area (Å²) in [7, 11) is 0. The minimum absolute atomic E-state index is 0.252. The van der Waals surface area contributed by atoms with Crippen molar-refractivity contribution in [3.05, 3.63) is 22.2 Å². The van der Waals surface area contributed by atoms with Crippen molar-refractivity contribution in [3.63, 3.8) is 0 Å². The number of carboxylic acid groups (broad SMARTS) is 1. The highest BCUT2D eigenvalue weighted by atomic mass is 79.9. The molecule has 0 radical (unpaired) electrons. The van der Waals surface area contributed by atoms with E-state index in [0.29, 0.717) is 5.56 Å². The Labute approximate surface area is 131 Å². The number of halogens is 5. The third kappa shape index (κ3) is 2.86. The van der Waals surface area contributed by atoms with Gasteiger partial charge in [-0.25, -0.2) is 0 Å². The van der Waals surface area contributed by atoms with Crippen LogP contribution < -0.4 is 9.47 Å². The largest absolute Gasteiger partial charge is 0.507 e. The highest BCUT2D eigenvalue weighted by Crippen LogP contribution is 2.50. The van der Waals surface area contributed by atoms with Crippen LogP contribution in [0.5, 0.6) is 11.5 Å². The van der Waals surface area contributed by atoms with Gasteiger partial charge in [-0.3, -0.25) is 4.79 Å². The lowest BCUT2D eigenvalue weighted by Crippen LogP contribution is -2.52. The van der Waals surface area contributed by atoms with Crippen molar-refractivity contribution in [2.75, 3.05) is 0 Å². The van der Waals surface area contributed by atoms with E-state index in [1.165, 1.54) is 0 Å². The van der Waals surface area contributed by atoms with E-state index in [4.69, 9.17) is 5.11 Å².